The molecule has 7 heteroatoms. The SMILES string of the molecule is COc1cc(NC=C2C(=O)OC(C)(C)OC2=O)ccc1OCc1ccccc1. The Labute approximate surface area is 162 Å². The highest BCUT2D eigenvalue weighted by molar-refractivity contribution is 6.15. The molecule has 28 heavy (non-hydrogen) atoms. The van der Waals surface area contributed by atoms with Crippen LogP contribution in [-0.2, 0) is 25.7 Å². The zero-order chi connectivity index (χ0) is 20.1. The van der Waals surface area contributed by atoms with Gasteiger partial charge in [0.1, 0.15) is 6.61 Å². The molecule has 0 bridgehead atoms. The lowest BCUT2D eigenvalue weighted by atomic mass is 10.2. The molecule has 1 N–H and O–H groups in total. The number of hydrogen-bond donors (Lipinski definition) is 1. The molecule has 3 rings (SSSR count). The van der Waals surface area contributed by atoms with Gasteiger partial charge in [-0.2, -0.15) is 0 Å². The summed E-state index contributed by atoms with van der Waals surface area (Å²) in [6, 6.07) is 14.9. The predicted molar refractivity (Wildman–Crippen MR) is 102 cm³/mol. The van der Waals surface area contributed by atoms with Gasteiger partial charge < -0.3 is 24.3 Å². The van der Waals surface area contributed by atoms with Crippen LogP contribution >= 0.6 is 0 Å². The molecule has 0 atom stereocenters. The fraction of sp³-hybridized carbons (Fsp3) is 0.238. The standard InChI is InChI=1S/C21H21NO6/c1-21(2)27-19(23)16(20(24)28-21)12-22-15-9-10-17(18(11-15)25-3)26-13-14-7-5-4-6-8-14/h4-12,22H,13H2,1-3H3. The zero-order valence-electron chi connectivity index (χ0n) is 15.9. The average Bonchev–Trinajstić information content (AvgIpc) is 2.66. The van der Waals surface area contributed by atoms with Crippen molar-refractivity contribution in [3.63, 3.8) is 0 Å². The van der Waals surface area contributed by atoms with E-state index in [9.17, 15) is 9.59 Å². The van der Waals surface area contributed by atoms with Crippen molar-refractivity contribution >= 4 is 17.6 Å². The summed E-state index contributed by atoms with van der Waals surface area (Å²) in [4.78, 5) is 23.9. The second kappa shape index (κ2) is 8.04. The van der Waals surface area contributed by atoms with Crippen LogP contribution in [0.5, 0.6) is 11.5 Å². The van der Waals surface area contributed by atoms with Crippen LogP contribution in [-0.4, -0.2) is 24.8 Å². The van der Waals surface area contributed by atoms with Gasteiger partial charge in [-0.15, -0.1) is 0 Å². The number of rotatable bonds is 6. The van der Waals surface area contributed by atoms with Gasteiger partial charge in [0.15, 0.2) is 17.1 Å². The van der Waals surface area contributed by atoms with Crippen molar-refractivity contribution in [2.24, 2.45) is 0 Å². The van der Waals surface area contributed by atoms with Crippen molar-refractivity contribution in [2.45, 2.75) is 26.2 Å². The first kappa shape index (κ1) is 19.3. The molecule has 1 aliphatic heterocycles. The van der Waals surface area contributed by atoms with Crippen molar-refractivity contribution in [2.75, 3.05) is 12.4 Å². The minimum atomic E-state index is -1.27. The van der Waals surface area contributed by atoms with Crippen LogP contribution in [0.1, 0.15) is 19.4 Å². The van der Waals surface area contributed by atoms with Crippen LogP contribution in [0.2, 0.25) is 0 Å². The maximum atomic E-state index is 12.0. The maximum Gasteiger partial charge on any atom is 0.350 e. The van der Waals surface area contributed by atoms with Crippen LogP contribution in [0.15, 0.2) is 60.3 Å². The van der Waals surface area contributed by atoms with Gasteiger partial charge in [-0.25, -0.2) is 9.59 Å². The number of nitrogens with one attached hydrogen (secondary N) is 1. The van der Waals surface area contributed by atoms with E-state index >= 15 is 0 Å². The number of carbonyl (C=O) groups excluding carboxylic acids is 2. The van der Waals surface area contributed by atoms with Crippen molar-refractivity contribution in [1.29, 1.82) is 0 Å². The average molecular weight is 383 g/mol. The van der Waals surface area contributed by atoms with E-state index in [1.165, 1.54) is 27.2 Å². The number of anilines is 1. The fourth-order valence-corrected chi connectivity index (χ4v) is 2.55. The minimum absolute atomic E-state index is 0.220. The Morgan fingerprint density at radius 1 is 1.00 bits per heavy atom. The highest BCUT2D eigenvalue weighted by atomic mass is 16.7. The zero-order valence-corrected chi connectivity index (χ0v) is 15.9. The predicted octanol–water partition coefficient (Wildman–Crippen LogP) is 3.41. The summed E-state index contributed by atoms with van der Waals surface area (Å²) >= 11 is 0. The second-order valence-corrected chi connectivity index (χ2v) is 6.52. The van der Waals surface area contributed by atoms with E-state index in [4.69, 9.17) is 18.9 Å². The van der Waals surface area contributed by atoms with Crippen LogP contribution in [0.25, 0.3) is 0 Å². The third kappa shape index (κ3) is 4.62. The van der Waals surface area contributed by atoms with Crippen molar-refractivity contribution < 1.29 is 28.5 Å². The Morgan fingerprint density at radius 2 is 1.68 bits per heavy atom. The number of benzene rings is 2. The van der Waals surface area contributed by atoms with Crippen LogP contribution in [0, 0.1) is 0 Å². The number of hydrogen-bond acceptors (Lipinski definition) is 7. The Morgan fingerprint density at radius 3 is 2.32 bits per heavy atom. The van der Waals surface area contributed by atoms with Gasteiger partial charge in [-0.3, -0.25) is 0 Å². The molecule has 0 amide bonds. The highest BCUT2D eigenvalue weighted by Crippen LogP contribution is 2.31. The number of carbonyl (C=O) groups is 2. The molecule has 2 aromatic rings. The summed E-state index contributed by atoms with van der Waals surface area (Å²) in [5.74, 6) is -1.68. The fourth-order valence-electron chi connectivity index (χ4n) is 2.55. The molecule has 1 fully saturated rings. The van der Waals surface area contributed by atoms with Crippen LogP contribution in [0.3, 0.4) is 0 Å². The van der Waals surface area contributed by atoms with Gasteiger partial charge in [0.25, 0.3) is 5.79 Å². The van der Waals surface area contributed by atoms with Gasteiger partial charge in [0, 0.05) is 31.8 Å². The van der Waals surface area contributed by atoms with Gasteiger partial charge >= 0.3 is 11.9 Å². The summed E-state index contributed by atoms with van der Waals surface area (Å²) in [6.07, 6.45) is 1.25. The first-order valence-electron chi connectivity index (χ1n) is 8.66. The molecule has 0 radical (unpaired) electrons. The summed E-state index contributed by atoms with van der Waals surface area (Å²) in [5, 5.41) is 2.88. The third-order valence-corrected chi connectivity index (χ3v) is 3.90. The third-order valence-electron chi connectivity index (χ3n) is 3.90. The Kier molecular flexibility index (Phi) is 5.54. The van der Waals surface area contributed by atoms with E-state index in [1.807, 2.05) is 30.3 Å². The van der Waals surface area contributed by atoms with Gasteiger partial charge in [0.2, 0.25) is 0 Å². The monoisotopic (exact) mass is 383 g/mol. The van der Waals surface area contributed by atoms with Gasteiger partial charge in [-0.05, 0) is 17.7 Å². The summed E-state index contributed by atoms with van der Waals surface area (Å²) < 4.78 is 21.3. The molecule has 7 nitrogen and oxygen atoms in total. The minimum Gasteiger partial charge on any atom is -0.493 e. The number of ether oxygens (including phenoxy) is 4. The first-order chi connectivity index (χ1) is 13.4. The normalized spacial score (nSPS) is 15.3. The maximum absolute atomic E-state index is 12.0. The molecule has 2 aromatic carbocycles. The molecule has 1 saturated heterocycles. The van der Waals surface area contributed by atoms with E-state index in [-0.39, 0.29) is 5.57 Å². The quantitative estimate of drug-likeness (QED) is 0.465. The second-order valence-electron chi connectivity index (χ2n) is 6.52. The lowest BCUT2D eigenvalue weighted by Gasteiger charge is -2.29. The Hall–Kier alpha value is -3.48. The highest BCUT2D eigenvalue weighted by Gasteiger charge is 2.38. The number of methoxy groups -OCH3 is 1. The molecule has 0 spiro atoms. The lowest BCUT2D eigenvalue weighted by Crippen LogP contribution is -2.42. The molecule has 146 valence electrons. The van der Waals surface area contributed by atoms with Crippen molar-refractivity contribution in [3.05, 3.63) is 65.9 Å². The van der Waals surface area contributed by atoms with E-state index in [0.29, 0.717) is 23.8 Å². The molecule has 0 aliphatic carbocycles. The smallest absolute Gasteiger partial charge is 0.350 e. The van der Waals surface area contributed by atoms with E-state index in [2.05, 4.69) is 5.32 Å². The summed E-state index contributed by atoms with van der Waals surface area (Å²) in [6.45, 7) is 3.39. The number of esters is 2. The Balaban J connectivity index is 1.70. The number of cyclic esters (lactones) is 2. The van der Waals surface area contributed by atoms with Crippen LogP contribution in [0.4, 0.5) is 5.69 Å². The van der Waals surface area contributed by atoms with Crippen molar-refractivity contribution in [1.82, 2.24) is 0 Å². The molecule has 1 heterocycles. The molecule has 0 saturated carbocycles. The summed E-state index contributed by atoms with van der Waals surface area (Å²) in [5.41, 5.74) is 1.42. The molecule has 0 aromatic heterocycles. The molecular formula is C21H21NO6. The van der Waals surface area contributed by atoms with Gasteiger partial charge in [0.05, 0.1) is 7.11 Å². The van der Waals surface area contributed by atoms with E-state index in [0.717, 1.165) is 5.56 Å². The van der Waals surface area contributed by atoms with E-state index < -0.39 is 17.7 Å². The molecular weight excluding hydrogens is 362 g/mol. The van der Waals surface area contributed by atoms with E-state index in [1.54, 1.807) is 18.2 Å². The lowest BCUT2D eigenvalue weighted by molar-refractivity contribution is -0.222. The van der Waals surface area contributed by atoms with Crippen molar-refractivity contribution in [3.8, 4) is 11.5 Å². The molecule has 1 aliphatic rings. The van der Waals surface area contributed by atoms with Gasteiger partial charge in [-0.1, -0.05) is 30.3 Å². The first-order valence-corrected chi connectivity index (χ1v) is 8.66. The Bertz CT molecular complexity index is 882. The largest absolute Gasteiger partial charge is 0.493 e. The topological polar surface area (TPSA) is 83.1 Å². The molecule has 0 unspecified atom stereocenters. The summed E-state index contributed by atoms with van der Waals surface area (Å²) in [7, 11) is 1.53. The van der Waals surface area contributed by atoms with Crippen LogP contribution < -0.4 is 14.8 Å².